The minimum atomic E-state index is -0.254. The van der Waals surface area contributed by atoms with Crippen LogP contribution in [-0.4, -0.2) is 27.0 Å². The second kappa shape index (κ2) is 7.06. The van der Waals surface area contributed by atoms with Gasteiger partial charge in [-0.15, -0.1) is 0 Å². The van der Waals surface area contributed by atoms with Crippen LogP contribution < -0.4 is 10.7 Å². The lowest BCUT2D eigenvalue weighted by Crippen LogP contribution is -2.27. The Bertz CT molecular complexity index is 700. The third-order valence-electron chi connectivity index (χ3n) is 3.35. The first kappa shape index (κ1) is 16.0. The second-order valence-corrected chi connectivity index (χ2v) is 5.66. The Hall–Kier alpha value is -2.37. The van der Waals surface area contributed by atoms with E-state index >= 15 is 0 Å². The van der Waals surface area contributed by atoms with Crippen molar-refractivity contribution in [2.75, 3.05) is 6.54 Å². The fraction of sp³-hybridized carbons (Fsp3) is 0.438. The Kier molecular flexibility index (Phi) is 5.14. The van der Waals surface area contributed by atoms with Crippen LogP contribution >= 0.6 is 0 Å². The topological polar surface area (TPSA) is 79.8 Å². The van der Waals surface area contributed by atoms with E-state index in [1.165, 1.54) is 12.1 Å². The van der Waals surface area contributed by atoms with Crippen LogP contribution in [0.3, 0.4) is 0 Å². The van der Waals surface area contributed by atoms with E-state index < -0.39 is 0 Å². The average molecular weight is 302 g/mol. The molecular formula is C16H22N4O2. The predicted octanol–water partition coefficient (Wildman–Crippen LogP) is 1.82. The molecule has 2 aromatic heterocycles. The molecule has 0 aliphatic carbocycles. The first-order valence-corrected chi connectivity index (χ1v) is 7.47. The molecule has 0 saturated carbocycles. The fourth-order valence-electron chi connectivity index (χ4n) is 2.36. The van der Waals surface area contributed by atoms with E-state index in [1.807, 2.05) is 6.20 Å². The third kappa shape index (κ3) is 4.07. The van der Waals surface area contributed by atoms with Crippen LogP contribution in [0.1, 0.15) is 48.2 Å². The molecule has 0 aliphatic heterocycles. The van der Waals surface area contributed by atoms with Crippen LogP contribution in [-0.2, 0) is 6.54 Å². The Labute approximate surface area is 129 Å². The van der Waals surface area contributed by atoms with Crippen molar-refractivity contribution >= 4 is 5.91 Å². The average Bonchev–Trinajstić information content (AvgIpc) is 2.90. The molecule has 2 rings (SSSR count). The monoisotopic (exact) mass is 302 g/mol. The van der Waals surface area contributed by atoms with Crippen molar-refractivity contribution in [1.82, 2.24) is 19.9 Å². The maximum Gasteiger partial charge on any atom is 0.267 e. The second-order valence-electron chi connectivity index (χ2n) is 5.66. The van der Waals surface area contributed by atoms with Gasteiger partial charge in [-0.05, 0) is 13.3 Å². The number of H-pyrrole nitrogens is 1. The van der Waals surface area contributed by atoms with Crippen LogP contribution in [0.2, 0.25) is 0 Å². The van der Waals surface area contributed by atoms with Gasteiger partial charge in [-0.25, -0.2) is 4.98 Å². The number of carbonyl (C=O) groups excluding carboxylic acids is 1. The van der Waals surface area contributed by atoms with E-state index in [0.29, 0.717) is 23.9 Å². The van der Waals surface area contributed by atoms with E-state index in [1.54, 1.807) is 13.1 Å². The molecule has 0 bridgehead atoms. The first-order chi connectivity index (χ1) is 10.5. The molecule has 0 saturated heterocycles. The lowest BCUT2D eigenvalue weighted by Gasteiger charge is -2.10. The summed E-state index contributed by atoms with van der Waals surface area (Å²) in [5.74, 6) is 1.17. The van der Waals surface area contributed by atoms with Gasteiger partial charge in [-0.1, -0.05) is 13.8 Å². The van der Waals surface area contributed by atoms with Crippen molar-refractivity contribution in [3.8, 4) is 0 Å². The molecule has 2 N–H and O–H groups in total. The number of aromatic amines is 1. The maximum absolute atomic E-state index is 12.0. The highest BCUT2D eigenvalue weighted by molar-refractivity contribution is 5.92. The smallest absolute Gasteiger partial charge is 0.267 e. The SMILES string of the molecule is Cc1cc(=O)cc(C(=O)NCCCn2ccnc2C(C)C)[nH]1. The lowest BCUT2D eigenvalue weighted by atomic mass is 10.2. The highest BCUT2D eigenvalue weighted by Crippen LogP contribution is 2.11. The van der Waals surface area contributed by atoms with Gasteiger partial charge in [-0.3, -0.25) is 9.59 Å². The van der Waals surface area contributed by atoms with Gasteiger partial charge in [0.15, 0.2) is 5.43 Å². The Morgan fingerprint density at radius 2 is 2.18 bits per heavy atom. The predicted molar refractivity (Wildman–Crippen MR) is 85.1 cm³/mol. The third-order valence-corrected chi connectivity index (χ3v) is 3.35. The largest absolute Gasteiger partial charge is 0.354 e. The number of amides is 1. The van der Waals surface area contributed by atoms with Crippen molar-refractivity contribution in [3.05, 3.63) is 52.0 Å². The van der Waals surface area contributed by atoms with Crippen LogP contribution in [0.25, 0.3) is 0 Å². The van der Waals surface area contributed by atoms with E-state index in [0.717, 1.165) is 18.8 Å². The molecule has 0 radical (unpaired) electrons. The van der Waals surface area contributed by atoms with E-state index in [-0.39, 0.29) is 11.3 Å². The van der Waals surface area contributed by atoms with Gasteiger partial charge in [0.2, 0.25) is 0 Å². The van der Waals surface area contributed by atoms with Crippen molar-refractivity contribution in [2.24, 2.45) is 0 Å². The highest BCUT2D eigenvalue weighted by Gasteiger charge is 2.08. The first-order valence-electron chi connectivity index (χ1n) is 7.47. The van der Waals surface area contributed by atoms with E-state index in [2.05, 4.69) is 33.7 Å². The molecule has 2 heterocycles. The summed E-state index contributed by atoms with van der Waals surface area (Å²) in [4.78, 5) is 30.6. The number of hydrogen-bond donors (Lipinski definition) is 2. The minimum Gasteiger partial charge on any atom is -0.354 e. The zero-order chi connectivity index (χ0) is 16.1. The summed E-state index contributed by atoms with van der Waals surface area (Å²) in [7, 11) is 0. The summed E-state index contributed by atoms with van der Waals surface area (Å²) in [6, 6.07) is 2.78. The quantitative estimate of drug-likeness (QED) is 0.799. The number of nitrogens with one attached hydrogen (secondary N) is 2. The van der Waals surface area contributed by atoms with Crippen LogP contribution in [0, 0.1) is 6.92 Å². The van der Waals surface area contributed by atoms with Gasteiger partial charge in [-0.2, -0.15) is 0 Å². The standard InChI is InChI=1S/C16H22N4O2/c1-11(2)15-17-6-8-20(15)7-4-5-18-16(22)14-10-13(21)9-12(3)19-14/h6,8-11H,4-5,7H2,1-3H3,(H,18,22)(H,19,21). The Morgan fingerprint density at radius 3 is 2.86 bits per heavy atom. The van der Waals surface area contributed by atoms with Crippen LogP contribution in [0.5, 0.6) is 0 Å². The summed E-state index contributed by atoms with van der Waals surface area (Å²) >= 11 is 0. The number of pyridine rings is 1. The van der Waals surface area contributed by atoms with Gasteiger partial charge < -0.3 is 14.9 Å². The molecule has 0 unspecified atom stereocenters. The molecule has 6 nitrogen and oxygen atoms in total. The summed E-state index contributed by atoms with van der Waals surface area (Å²) < 4.78 is 2.10. The molecule has 0 aromatic carbocycles. The Morgan fingerprint density at radius 1 is 1.41 bits per heavy atom. The number of aromatic nitrogens is 3. The van der Waals surface area contributed by atoms with E-state index in [9.17, 15) is 9.59 Å². The van der Waals surface area contributed by atoms with Crippen molar-refractivity contribution < 1.29 is 4.79 Å². The zero-order valence-electron chi connectivity index (χ0n) is 13.2. The molecule has 118 valence electrons. The maximum atomic E-state index is 12.0. The number of rotatable bonds is 6. The number of imidazole rings is 1. The van der Waals surface area contributed by atoms with Crippen LogP contribution in [0.15, 0.2) is 29.3 Å². The normalized spacial score (nSPS) is 10.9. The van der Waals surface area contributed by atoms with Gasteiger partial charge in [0.1, 0.15) is 11.5 Å². The molecule has 6 heteroatoms. The molecule has 2 aromatic rings. The number of aryl methyl sites for hydroxylation is 2. The summed E-state index contributed by atoms with van der Waals surface area (Å²) in [5, 5.41) is 2.82. The molecular weight excluding hydrogens is 280 g/mol. The molecule has 1 amide bonds. The van der Waals surface area contributed by atoms with Gasteiger partial charge in [0.25, 0.3) is 5.91 Å². The van der Waals surface area contributed by atoms with Crippen molar-refractivity contribution in [1.29, 1.82) is 0 Å². The van der Waals surface area contributed by atoms with Gasteiger partial charge in [0, 0.05) is 49.2 Å². The number of carbonyl (C=O) groups is 1. The summed E-state index contributed by atoms with van der Waals surface area (Å²) in [5.41, 5.74) is 0.814. The lowest BCUT2D eigenvalue weighted by molar-refractivity contribution is 0.0947. The molecule has 0 spiro atoms. The molecule has 0 fully saturated rings. The molecule has 0 aliphatic rings. The number of hydrogen-bond acceptors (Lipinski definition) is 3. The molecule has 0 atom stereocenters. The fourth-order valence-corrected chi connectivity index (χ4v) is 2.36. The van der Waals surface area contributed by atoms with Crippen LogP contribution in [0.4, 0.5) is 0 Å². The summed E-state index contributed by atoms with van der Waals surface area (Å²) in [6.07, 6.45) is 4.55. The Balaban J connectivity index is 1.84. The van der Waals surface area contributed by atoms with Crippen molar-refractivity contribution in [3.63, 3.8) is 0 Å². The van der Waals surface area contributed by atoms with Gasteiger partial charge >= 0.3 is 0 Å². The summed E-state index contributed by atoms with van der Waals surface area (Å²) in [6.45, 7) is 7.32. The van der Waals surface area contributed by atoms with Gasteiger partial charge in [0.05, 0.1) is 0 Å². The molecule has 22 heavy (non-hydrogen) atoms. The highest BCUT2D eigenvalue weighted by atomic mass is 16.2. The minimum absolute atomic E-state index is 0.165. The number of nitrogens with zero attached hydrogens (tertiary/aromatic N) is 2. The zero-order valence-corrected chi connectivity index (χ0v) is 13.2. The van der Waals surface area contributed by atoms with E-state index in [4.69, 9.17) is 0 Å². The van der Waals surface area contributed by atoms with Crippen molar-refractivity contribution in [2.45, 2.75) is 39.7 Å².